The molecular formula is C27H22N8O13S4-4. The van der Waals surface area contributed by atoms with Gasteiger partial charge in [-0.25, -0.2) is 33.7 Å². The fraction of sp³-hybridized carbons (Fsp3) is 0.148. The zero-order valence-corrected chi connectivity index (χ0v) is 29.3. The van der Waals surface area contributed by atoms with E-state index in [0.29, 0.717) is 23.6 Å². The van der Waals surface area contributed by atoms with Gasteiger partial charge in [-0.1, -0.05) is 30.3 Å². The average Bonchev–Trinajstić information content (AvgIpc) is 3.01. The number of phenols is 1. The molecule has 52 heavy (non-hydrogen) atoms. The Labute approximate surface area is 294 Å². The molecule has 276 valence electrons. The van der Waals surface area contributed by atoms with Crippen LogP contribution in [0.5, 0.6) is 5.75 Å². The summed E-state index contributed by atoms with van der Waals surface area (Å²) >= 11 is 0. The Morgan fingerprint density at radius 1 is 0.731 bits per heavy atom. The summed E-state index contributed by atoms with van der Waals surface area (Å²) in [7, 11) is -20.8. The standard InChI is InChI=1S/C27H26N8O13S4/c1-2-28-25-31-26(29-9-10-49(37,38)39)33-27(32-25)30-19-13-16(50(40,41)42)11-15-12-20(51(43,44)45)22(23(36)21(15)19)35-34-18-8-7-14-5-3-4-6-17(14)24(18)52(46,47)48/h3-8,11-13,36H,2,9-10H2,1H3,(H,37,38,39)(H,40,41,42)(H,43,44,45)(H,46,47,48)(H3,28,29,30,31,32,33)/p-4. The quantitative estimate of drug-likeness (QED) is 0.0979. The number of fused-ring (bicyclic) bond motifs is 2. The maximum atomic E-state index is 12.4. The number of hydrogen-bond donors (Lipinski definition) is 4. The number of phenolic OH excluding ortho intramolecular Hbond substituents is 1. The molecule has 0 radical (unpaired) electrons. The summed E-state index contributed by atoms with van der Waals surface area (Å²) in [4.78, 5) is 8.96. The average molecular weight is 795 g/mol. The van der Waals surface area contributed by atoms with Gasteiger partial charge in [-0.2, -0.15) is 15.0 Å². The van der Waals surface area contributed by atoms with E-state index in [-0.39, 0.29) is 23.8 Å². The van der Waals surface area contributed by atoms with Crippen LogP contribution in [0.15, 0.2) is 79.5 Å². The van der Waals surface area contributed by atoms with Gasteiger partial charge in [0, 0.05) is 23.9 Å². The lowest BCUT2D eigenvalue weighted by molar-refractivity contribution is 0.458. The van der Waals surface area contributed by atoms with Gasteiger partial charge in [-0.15, -0.1) is 10.2 Å². The number of nitrogens with zero attached hydrogens (tertiary/aromatic N) is 5. The van der Waals surface area contributed by atoms with Crippen molar-refractivity contribution in [1.82, 2.24) is 15.0 Å². The third-order valence-corrected chi connectivity index (χ3v) is 10.2. The van der Waals surface area contributed by atoms with Crippen molar-refractivity contribution >= 4 is 96.9 Å². The van der Waals surface area contributed by atoms with Crippen molar-refractivity contribution in [3.63, 3.8) is 0 Å². The predicted molar refractivity (Wildman–Crippen MR) is 178 cm³/mol. The molecule has 0 aliphatic carbocycles. The van der Waals surface area contributed by atoms with Crippen molar-refractivity contribution in [2.24, 2.45) is 10.2 Å². The van der Waals surface area contributed by atoms with Gasteiger partial charge in [0.05, 0.1) is 36.2 Å². The fourth-order valence-electron chi connectivity index (χ4n) is 4.82. The number of aromatic nitrogens is 3. The van der Waals surface area contributed by atoms with E-state index in [2.05, 4.69) is 41.1 Å². The molecule has 1 aromatic heterocycles. The fourth-order valence-corrected chi connectivity index (χ4v) is 7.17. The van der Waals surface area contributed by atoms with Crippen molar-refractivity contribution in [3.8, 4) is 5.75 Å². The second-order valence-corrected chi connectivity index (χ2v) is 16.1. The highest BCUT2D eigenvalue weighted by atomic mass is 32.2. The van der Waals surface area contributed by atoms with E-state index in [4.69, 9.17) is 0 Å². The van der Waals surface area contributed by atoms with Crippen LogP contribution in [0.4, 0.5) is 34.9 Å². The van der Waals surface area contributed by atoms with E-state index >= 15 is 0 Å². The van der Waals surface area contributed by atoms with E-state index in [1.165, 1.54) is 24.3 Å². The van der Waals surface area contributed by atoms with Crippen molar-refractivity contribution in [3.05, 3.63) is 54.6 Å². The maximum Gasteiger partial charge on any atom is 0.233 e. The summed E-state index contributed by atoms with van der Waals surface area (Å²) < 4.78 is 143. The molecule has 0 saturated carbocycles. The van der Waals surface area contributed by atoms with Crippen LogP contribution in [-0.4, -0.2) is 90.8 Å². The van der Waals surface area contributed by atoms with Crippen LogP contribution in [0.2, 0.25) is 0 Å². The minimum absolute atomic E-state index is 0.0658. The molecule has 1 heterocycles. The second kappa shape index (κ2) is 14.1. The first-order valence-corrected chi connectivity index (χ1v) is 20.0. The van der Waals surface area contributed by atoms with Crippen LogP contribution in [-0.2, 0) is 40.5 Å². The molecule has 0 saturated heterocycles. The molecule has 0 fully saturated rings. The lowest BCUT2D eigenvalue weighted by atomic mass is 10.1. The summed E-state index contributed by atoms with van der Waals surface area (Å²) in [5.41, 5.74) is -2.17. The molecule has 0 atom stereocenters. The van der Waals surface area contributed by atoms with Gasteiger partial charge in [0.25, 0.3) is 0 Å². The number of nitrogens with one attached hydrogen (secondary N) is 3. The van der Waals surface area contributed by atoms with Gasteiger partial charge in [0.1, 0.15) is 41.7 Å². The lowest BCUT2D eigenvalue weighted by Gasteiger charge is -2.19. The van der Waals surface area contributed by atoms with E-state index in [9.17, 15) is 57.0 Å². The number of rotatable bonds is 13. The Kier molecular flexibility index (Phi) is 10.3. The van der Waals surface area contributed by atoms with Gasteiger partial charge in [0.2, 0.25) is 17.8 Å². The largest absolute Gasteiger partial charge is 0.748 e. The normalized spacial score (nSPS) is 12.8. The van der Waals surface area contributed by atoms with E-state index in [1.54, 1.807) is 13.0 Å². The smallest absolute Gasteiger partial charge is 0.233 e. The first-order valence-electron chi connectivity index (χ1n) is 14.2. The molecule has 5 aromatic rings. The zero-order chi connectivity index (χ0) is 38.2. The highest BCUT2D eigenvalue weighted by Crippen LogP contribution is 2.46. The van der Waals surface area contributed by atoms with Crippen LogP contribution in [0.25, 0.3) is 21.5 Å². The number of aromatic hydroxyl groups is 1. The topological polar surface area (TPSA) is 349 Å². The summed E-state index contributed by atoms with van der Waals surface area (Å²) in [6, 6.07) is 10.2. The molecule has 0 bridgehead atoms. The predicted octanol–water partition coefficient (Wildman–Crippen LogP) is 2.14. The Bertz CT molecular complexity index is 2730. The molecule has 0 aliphatic rings. The SMILES string of the molecule is CCNc1nc(NCCS(=O)(=O)[O-])nc(Nc2cc(S(=O)(=O)[O-])cc3cc(S(=O)(=O)[O-])c(N=Nc4ccc5ccccc5c4S(=O)(=O)[O-])c(O)c23)n1. The lowest BCUT2D eigenvalue weighted by Crippen LogP contribution is -2.17. The van der Waals surface area contributed by atoms with Gasteiger partial charge in [-0.3, -0.25) is 0 Å². The van der Waals surface area contributed by atoms with Crippen LogP contribution in [0, 0.1) is 0 Å². The number of azo groups is 1. The van der Waals surface area contributed by atoms with Gasteiger partial charge in [-0.05, 0) is 42.0 Å². The monoisotopic (exact) mass is 794 g/mol. The van der Waals surface area contributed by atoms with Crippen LogP contribution < -0.4 is 16.0 Å². The highest BCUT2D eigenvalue weighted by molar-refractivity contribution is 7.86. The van der Waals surface area contributed by atoms with Gasteiger partial charge in [0.15, 0.2) is 5.75 Å². The molecule has 5 rings (SSSR count). The summed E-state index contributed by atoms with van der Waals surface area (Å²) in [5, 5.41) is 25.8. The maximum absolute atomic E-state index is 12.4. The number of hydrogen-bond acceptors (Lipinski definition) is 21. The molecule has 0 aliphatic heterocycles. The number of anilines is 4. The Hall–Kier alpha value is -5.15. The molecule has 0 spiro atoms. The first kappa shape index (κ1) is 38.1. The Morgan fingerprint density at radius 3 is 2.00 bits per heavy atom. The molecular weight excluding hydrogens is 773 g/mol. The van der Waals surface area contributed by atoms with Crippen molar-refractivity contribution in [1.29, 1.82) is 0 Å². The molecule has 0 amide bonds. The second-order valence-electron chi connectivity index (χ2n) is 10.5. The van der Waals surface area contributed by atoms with Gasteiger partial charge < -0.3 is 39.3 Å². The first-order chi connectivity index (χ1) is 24.2. The number of benzene rings is 4. The molecule has 4 aromatic carbocycles. The zero-order valence-electron chi connectivity index (χ0n) is 26.0. The van der Waals surface area contributed by atoms with Crippen molar-refractivity contribution < 1.29 is 57.0 Å². The Morgan fingerprint density at radius 2 is 1.38 bits per heavy atom. The Balaban J connectivity index is 1.75. The third-order valence-electron chi connectivity index (χ3n) is 6.90. The van der Waals surface area contributed by atoms with Crippen LogP contribution >= 0.6 is 0 Å². The minimum atomic E-state index is -5.59. The minimum Gasteiger partial charge on any atom is -0.748 e. The summed E-state index contributed by atoms with van der Waals surface area (Å²) in [5.74, 6) is -2.89. The van der Waals surface area contributed by atoms with Crippen molar-refractivity contribution in [2.75, 3.05) is 34.8 Å². The van der Waals surface area contributed by atoms with E-state index in [0.717, 1.165) is 6.07 Å². The molecule has 0 unspecified atom stereocenters. The van der Waals surface area contributed by atoms with E-state index in [1.807, 2.05) is 0 Å². The van der Waals surface area contributed by atoms with Crippen LogP contribution in [0.3, 0.4) is 0 Å². The van der Waals surface area contributed by atoms with Crippen LogP contribution in [0.1, 0.15) is 6.92 Å². The van der Waals surface area contributed by atoms with Gasteiger partial charge >= 0.3 is 0 Å². The molecule has 4 N–H and O–H groups in total. The van der Waals surface area contributed by atoms with Crippen molar-refractivity contribution in [2.45, 2.75) is 21.6 Å². The van der Waals surface area contributed by atoms with E-state index < -0.39 is 107 Å². The summed E-state index contributed by atoms with van der Waals surface area (Å²) in [6.07, 6.45) is 0. The molecule has 21 nitrogen and oxygen atoms in total. The molecule has 25 heteroatoms. The summed E-state index contributed by atoms with van der Waals surface area (Å²) in [6.45, 7) is 1.47. The highest BCUT2D eigenvalue weighted by Gasteiger charge is 2.23. The third kappa shape index (κ3) is 8.65.